The lowest BCUT2D eigenvalue weighted by atomic mass is 10.2. The second-order valence-electron chi connectivity index (χ2n) is 4.53. The summed E-state index contributed by atoms with van der Waals surface area (Å²) in [5, 5.41) is 6.50. The highest BCUT2D eigenvalue weighted by molar-refractivity contribution is 7.80. The first kappa shape index (κ1) is 14.2. The predicted octanol–water partition coefficient (Wildman–Crippen LogP) is 3.22. The summed E-state index contributed by atoms with van der Waals surface area (Å²) in [7, 11) is 0. The Kier molecular flexibility index (Phi) is 4.41. The highest BCUT2D eigenvalue weighted by atomic mass is 32.1. The number of furan rings is 1. The molecule has 1 aromatic carbocycles. The molecule has 0 radical (unpaired) electrons. The molecular weight excluding hydrogens is 296 g/mol. The summed E-state index contributed by atoms with van der Waals surface area (Å²) >= 11 is 5.20. The van der Waals surface area contributed by atoms with Crippen molar-refractivity contribution >= 4 is 23.1 Å². The van der Waals surface area contributed by atoms with E-state index in [-0.39, 0.29) is 0 Å². The summed E-state index contributed by atoms with van der Waals surface area (Å²) in [6.07, 6.45) is 4.81. The quantitative estimate of drug-likeness (QED) is 0.721. The first-order valence-electron chi connectivity index (χ1n) is 6.76. The van der Waals surface area contributed by atoms with E-state index in [4.69, 9.17) is 16.6 Å². The number of nitrogens with one attached hydrogen (secondary N) is 2. The largest absolute Gasteiger partial charge is 0.459 e. The van der Waals surface area contributed by atoms with E-state index in [1.165, 1.54) is 0 Å². The number of aromatic nitrogens is 2. The Hall–Kier alpha value is -2.73. The summed E-state index contributed by atoms with van der Waals surface area (Å²) < 4.78 is 5.79. The second kappa shape index (κ2) is 6.82. The molecule has 3 aromatic rings. The Balaban J connectivity index is 1.56. The van der Waals surface area contributed by atoms with Crippen molar-refractivity contribution in [1.29, 1.82) is 0 Å². The zero-order chi connectivity index (χ0) is 15.2. The Morgan fingerprint density at radius 3 is 2.73 bits per heavy atom. The molecule has 2 heterocycles. The molecule has 22 heavy (non-hydrogen) atoms. The van der Waals surface area contributed by atoms with E-state index < -0.39 is 0 Å². The summed E-state index contributed by atoms with van der Waals surface area (Å²) in [5.41, 5.74) is 1.05. The molecular formula is C16H14N4OS. The number of hydrogen-bond acceptors (Lipinski definition) is 4. The van der Waals surface area contributed by atoms with Gasteiger partial charge in [-0.3, -0.25) is 4.98 Å². The molecule has 0 amide bonds. The van der Waals surface area contributed by atoms with E-state index in [0.717, 1.165) is 17.1 Å². The lowest BCUT2D eigenvalue weighted by Crippen LogP contribution is -2.28. The van der Waals surface area contributed by atoms with Gasteiger partial charge in [0.2, 0.25) is 0 Å². The molecule has 0 aliphatic carbocycles. The average molecular weight is 310 g/mol. The van der Waals surface area contributed by atoms with Crippen LogP contribution in [0.4, 0.5) is 5.82 Å². The van der Waals surface area contributed by atoms with Gasteiger partial charge in [-0.1, -0.05) is 30.3 Å². The normalized spacial score (nSPS) is 10.2. The molecule has 0 atom stereocenters. The molecule has 0 spiro atoms. The summed E-state index contributed by atoms with van der Waals surface area (Å²) in [5.74, 6) is 2.25. The Morgan fingerprint density at radius 2 is 1.95 bits per heavy atom. The van der Waals surface area contributed by atoms with Crippen LogP contribution in [-0.2, 0) is 6.54 Å². The van der Waals surface area contributed by atoms with Crippen LogP contribution in [-0.4, -0.2) is 15.1 Å². The Bertz CT molecular complexity index is 743. The topological polar surface area (TPSA) is 63.0 Å². The highest BCUT2D eigenvalue weighted by Gasteiger charge is 2.05. The third-order valence-corrected chi connectivity index (χ3v) is 3.19. The molecule has 110 valence electrons. The van der Waals surface area contributed by atoms with Crippen LogP contribution in [0.2, 0.25) is 0 Å². The van der Waals surface area contributed by atoms with E-state index in [1.807, 2.05) is 42.5 Å². The number of nitrogens with zero attached hydrogens (tertiary/aromatic N) is 2. The van der Waals surface area contributed by atoms with E-state index >= 15 is 0 Å². The third-order valence-electron chi connectivity index (χ3n) is 2.95. The predicted molar refractivity (Wildman–Crippen MR) is 89.2 cm³/mol. The van der Waals surface area contributed by atoms with Gasteiger partial charge in [-0.05, 0) is 24.4 Å². The third kappa shape index (κ3) is 3.67. The maximum absolute atomic E-state index is 5.79. The maximum atomic E-state index is 5.79. The zero-order valence-electron chi connectivity index (χ0n) is 11.7. The first-order valence-corrected chi connectivity index (χ1v) is 7.17. The van der Waals surface area contributed by atoms with Crippen molar-refractivity contribution in [3.05, 3.63) is 66.8 Å². The molecule has 0 aliphatic rings. The molecule has 2 N–H and O–H groups in total. The van der Waals surface area contributed by atoms with Gasteiger partial charge in [-0.15, -0.1) is 0 Å². The monoisotopic (exact) mass is 310 g/mol. The van der Waals surface area contributed by atoms with Crippen molar-refractivity contribution in [3.63, 3.8) is 0 Å². The fourth-order valence-electron chi connectivity index (χ4n) is 1.92. The van der Waals surface area contributed by atoms with Crippen LogP contribution >= 0.6 is 12.2 Å². The minimum absolute atomic E-state index is 0.471. The van der Waals surface area contributed by atoms with Gasteiger partial charge in [0.1, 0.15) is 11.5 Å². The number of rotatable bonds is 4. The average Bonchev–Trinajstić information content (AvgIpc) is 3.04. The van der Waals surface area contributed by atoms with Gasteiger partial charge < -0.3 is 15.1 Å². The SMILES string of the molecule is S=C(NCc1ccc(-c2ccccc2)o1)Nc1cnccn1. The van der Waals surface area contributed by atoms with Crippen LogP contribution < -0.4 is 10.6 Å². The first-order chi connectivity index (χ1) is 10.8. The molecule has 3 rings (SSSR count). The van der Waals surface area contributed by atoms with Crippen molar-refractivity contribution in [3.8, 4) is 11.3 Å². The van der Waals surface area contributed by atoms with Gasteiger partial charge in [0.05, 0.1) is 12.7 Å². The van der Waals surface area contributed by atoms with Crippen molar-refractivity contribution in [2.75, 3.05) is 5.32 Å². The van der Waals surface area contributed by atoms with Gasteiger partial charge in [0, 0.05) is 18.0 Å². The molecule has 0 aliphatic heterocycles. The standard InChI is InChI=1S/C16H14N4OS/c22-16(20-15-11-17-8-9-18-15)19-10-13-6-7-14(21-13)12-4-2-1-3-5-12/h1-9,11H,10H2,(H2,18,19,20,22). The minimum Gasteiger partial charge on any atom is -0.459 e. The summed E-state index contributed by atoms with van der Waals surface area (Å²) in [6, 6.07) is 13.8. The Labute approximate surface area is 133 Å². The minimum atomic E-state index is 0.471. The summed E-state index contributed by atoms with van der Waals surface area (Å²) in [4.78, 5) is 8.05. The Morgan fingerprint density at radius 1 is 1.09 bits per heavy atom. The van der Waals surface area contributed by atoms with Crippen LogP contribution in [0.5, 0.6) is 0 Å². The van der Waals surface area contributed by atoms with Gasteiger partial charge in [-0.25, -0.2) is 4.98 Å². The number of thiocarbonyl (C=S) groups is 1. The van der Waals surface area contributed by atoms with Crippen molar-refractivity contribution in [1.82, 2.24) is 15.3 Å². The van der Waals surface area contributed by atoms with Crippen LogP contribution in [0.3, 0.4) is 0 Å². The fraction of sp³-hybridized carbons (Fsp3) is 0.0625. The molecule has 0 unspecified atom stereocenters. The molecule has 6 heteroatoms. The van der Waals surface area contributed by atoms with E-state index in [0.29, 0.717) is 17.5 Å². The number of hydrogen-bond donors (Lipinski definition) is 2. The molecule has 2 aromatic heterocycles. The number of benzene rings is 1. The van der Waals surface area contributed by atoms with E-state index in [1.54, 1.807) is 18.6 Å². The van der Waals surface area contributed by atoms with Crippen molar-refractivity contribution in [2.45, 2.75) is 6.54 Å². The fourth-order valence-corrected chi connectivity index (χ4v) is 2.10. The van der Waals surface area contributed by atoms with Gasteiger partial charge in [0.25, 0.3) is 0 Å². The van der Waals surface area contributed by atoms with Crippen LogP contribution in [0.25, 0.3) is 11.3 Å². The molecule has 0 saturated carbocycles. The molecule has 5 nitrogen and oxygen atoms in total. The lowest BCUT2D eigenvalue weighted by molar-refractivity contribution is 0.516. The maximum Gasteiger partial charge on any atom is 0.172 e. The molecule has 0 fully saturated rings. The van der Waals surface area contributed by atoms with Crippen molar-refractivity contribution < 1.29 is 4.42 Å². The van der Waals surface area contributed by atoms with E-state index in [9.17, 15) is 0 Å². The van der Waals surface area contributed by atoms with Crippen LogP contribution in [0.15, 0.2) is 65.5 Å². The summed E-state index contributed by atoms with van der Waals surface area (Å²) in [6.45, 7) is 0.499. The van der Waals surface area contributed by atoms with Gasteiger partial charge in [-0.2, -0.15) is 0 Å². The van der Waals surface area contributed by atoms with Crippen molar-refractivity contribution in [2.24, 2.45) is 0 Å². The second-order valence-corrected chi connectivity index (χ2v) is 4.94. The van der Waals surface area contributed by atoms with Crippen LogP contribution in [0.1, 0.15) is 5.76 Å². The molecule has 0 bridgehead atoms. The molecule has 0 saturated heterocycles. The van der Waals surface area contributed by atoms with Crippen LogP contribution in [0, 0.1) is 0 Å². The van der Waals surface area contributed by atoms with Gasteiger partial charge >= 0.3 is 0 Å². The van der Waals surface area contributed by atoms with Gasteiger partial charge in [0.15, 0.2) is 10.9 Å². The number of anilines is 1. The smallest absolute Gasteiger partial charge is 0.172 e. The lowest BCUT2D eigenvalue weighted by Gasteiger charge is -2.07. The zero-order valence-corrected chi connectivity index (χ0v) is 12.5. The highest BCUT2D eigenvalue weighted by Crippen LogP contribution is 2.21. The van der Waals surface area contributed by atoms with E-state index in [2.05, 4.69) is 20.6 Å².